The van der Waals surface area contributed by atoms with E-state index < -0.39 is 17.8 Å². The van der Waals surface area contributed by atoms with Crippen molar-refractivity contribution >= 4 is 5.78 Å². The van der Waals surface area contributed by atoms with E-state index in [0.29, 0.717) is 35.5 Å². The molecule has 0 radical (unpaired) electrons. The normalized spacial score (nSPS) is 19.8. The van der Waals surface area contributed by atoms with Crippen molar-refractivity contribution in [1.29, 1.82) is 0 Å². The second-order valence-corrected chi connectivity index (χ2v) is 9.11. The Morgan fingerprint density at radius 1 is 1.10 bits per heavy atom. The number of ketones is 1. The predicted octanol–water partition coefficient (Wildman–Crippen LogP) is 4.39. The van der Waals surface area contributed by atoms with Gasteiger partial charge >= 0.3 is 0 Å². The van der Waals surface area contributed by atoms with Crippen LogP contribution in [0.5, 0.6) is 23.0 Å². The van der Waals surface area contributed by atoms with E-state index in [1.807, 2.05) is 19.9 Å². The summed E-state index contributed by atoms with van der Waals surface area (Å²) in [5.41, 5.74) is 2.17. The minimum Gasteiger partial charge on any atom is -0.508 e. The molecule has 0 spiro atoms. The second-order valence-electron chi connectivity index (χ2n) is 9.11. The van der Waals surface area contributed by atoms with Crippen molar-refractivity contribution in [3.8, 4) is 23.0 Å². The summed E-state index contributed by atoms with van der Waals surface area (Å²) in [5, 5.41) is 31.2. The molecule has 2 atom stereocenters. The Morgan fingerprint density at radius 2 is 1.77 bits per heavy atom. The topological polar surface area (TPSA) is 96.2 Å². The Morgan fingerprint density at radius 3 is 2.39 bits per heavy atom. The van der Waals surface area contributed by atoms with Crippen molar-refractivity contribution in [2.45, 2.75) is 64.8 Å². The molecule has 0 saturated carbocycles. The maximum atomic E-state index is 13.1. The molecular formula is C25H28O6. The summed E-state index contributed by atoms with van der Waals surface area (Å²) in [6.07, 6.45) is 1.79. The Bertz CT molecular complexity index is 1060. The maximum absolute atomic E-state index is 13.1. The van der Waals surface area contributed by atoms with Gasteiger partial charge in [0.15, 0.2) is 5.78 Å². The van der Waals surface area contributed by atoms with Crippen LogP contribution in [0.3, 0.4) is 0 Å². The van der Waals surface area contributed by atoms with Crippen LogP contribution in [0.25, 0.3) is 0 Å². The first kappa shape index (κ1) is 21.2. The first-order valence-corrected chi connectivity index (χ1v) is 10.5. The van der Waals surface area contributed by atoms with Crippen molar-refractivity contribution in [3.63, 3.8) is 0 Å². The van der Waals surface area contributed by atoms with Crippen LogP contribution in [-0.2, 0) is 12.8 Å². The molecule has 2 aromatic carbocycles. The summed E-state index contributed by atoms with van der Waals surface area (Å²) < 4.78 is 12.4. The van der Waals surface area contributed by atoms with Crippen molar-refractivity contribution in [2.75, 3.05) is 0 Å². The van der Waals surface area contributed by atoms with Crippen LogP contribution in [0.4, 0.5) is 0 Å². The molecule has 31 heavy (non-hydrogen) atoms. The molecule has 0 bridgehead atoms. The van der Waals surface area contributed by atoms with Crippen LogP contribution in [0.1, 0.15) is 67.3 Å². The number of fused-ring (bicyclic) bond motifs is 3. The second kappa shape index (κ2) is 7.61. The van der Waals surface area contributed by atoms with Crippen molar-refractivity contribution < 1.29 is 29.6 Å². The highest BCUT2D eigenvalue weighted by Crippen LogP contribution is 2.52. The molecule has 2 aliphatic rings. The van der Waals surface area contributed by atoms with E-state index in [2.05, 4.69) is 0 Å². The van der Waals surface area contributed by atoms with Crippen molar-refractivity contribution in [3.05, 3.63) is 58.2 Å². The number of aromatic hydroxyl groups is 2. The fraction of sp³-hybridized carbons (Fsp3) is 0.400. The SMILES string of the molecule is CC(C)=CCc1c(O)c2c(c3c1OC(C(C)(C)O)C3)O[C@H](c1ccc(O)cc1)CC2=O. The molecule has 3 N–H and O–H groups in total. The highest BCUT2D eigenvalue weighted by molar-refractivity contribution is 6.04. The van der Waals surface area contributed by atoms with Gasteiger partial charge in [0, 0.05) is 17.5 Å². The van der Waals surface area contributed by atoms with Gasteiger partial charge in [-0.15, -0.1) is 0 Å². The van der Waals surface area contributed by atoms with Gasteiger partial charge in [0.05, 0.1) is 12.0 Å². The quantitative estimate of drug-likeness (QED) is 0.630. The number of allylic oxidation sites excluding steroid dienone is 2. The third kappa shape index (κ3) is 3.88. The Balaban J connectivity index is 1.84. The lowest BCUT2D eigenvalue weighted by Gasteiger charge is -2.28. The lowest BCUT2D eigenvalue weighted by Crippen LogP contribution is -2.39. The highest BCUT2D eigenvalue weighted by Gasteiger charge is 2.43. The molecule has 0 saturated heterocycles. The van der Waals surface area contributed by atoms with Gasteiger partial charge in [0.2, 0.25) is 0 Å². The molecule has 2 heterocycles. The molecule has 0 aromatic heterocycles. The largest absolute Gasteiger partial charge is 0.508 e. The number of rotatable bonds is 4. The number of phenols is 2. The van der Waals surface area contributed by atoms with Gasteiger partial charge in [-0.05, 0) is 51.8 Å². The molecule has 0 fully saturated rings. The van der Waals surface area contributed by atoms with Crippen LogP contribution in [-0.4, -0.2) is 32.8 Å². The smallest absolute Gasteiger partial charge is 0.174 e. The molecule has 2 aliphatic heterocycles. The molecule has 0 aliphatic carbocycles. The van der Waals surface area contributed by atoms with Crippen LogP contribution in [0, 0.1) is 0 Å². The van der Waals surface area contributed by atoms with Gasteiger partial charge < -0.3 is 24.8 Å². The summed E-state index contributed by atoms with van der Waals surface area (Å²) in [6.45, 7) is 7.28. The standard InChI is InChI=1S/C25H28O6/c1-13(2)5-10-16-22(28)21-18(27)12-19(14-6-8-15(26)9-7-14)30-24(21)17-11-20(25(3,4)29)31-23(16)17/h5-9,19-20,26,28-29H,10-12H2,1-4H3/t19-,20?/m0/s1. The van der Waals surface area contributed by atoms with Crippen molar-refractivity contribution in [1.82, 2.24) is 0 Å². The Kier molecular flexibility index (Phi) is 5.21. The first-order valence-electron chi connectivity index (χ1n) is 10.5. The number of phenolic OH excluding ortho intramolecular Hbond substituents is 2. The first-order chi connectivity index (χ1) is 14.6. The monoisotopic (exact) mass is 424 g/mol. The Hall–Kier alpha value is -2.99. The number of carbonyl (C=O) groups is 1. The lowest BCUT2D eigenvalue weighted by atomic mass is 9.88. The number of carbonyl (C=O) groups excluding carboxylic acids is 1. The average molecular weight is 424 g/mol. The van der Waals surface area contributed by atoms with Crippen molar-refractivity contribution in [2.24, 2.45) is 0 Å². The molecule has 0 amide bonds. The molecule has 164 valence electrons. The zero-order valence-electron chi connectivity index (χ0n) is 18.2. The van der Waals surface area contributed by atoms with Gasteiger partial charge in [-0.2, -0.15) is 0 Å². The fourth-order valence-corrected chi connectivity index (χ4v) is 4.11. The number of benzene rings is 2. The van der Waals surface area contributed by atoms with E-state index in [0.717, 1.165) is 11.1 Å². The third-order valence-corrected chi connectivity index (χ3v) is 5.90. The number of ether oxygens (including phenoxy) is 2. The minimum atomic E-state index is -1.11. The van der Waals surface area contributed by atoms with Crippen LogP contribution in [0.2, 0.25) is 0 Å². The average Bonchev–Trinajstić information content (AvgIpc) is 3.13. The summed E-state index contributed by atoms with van der Waals surface area (Å²) >= 11 is 0. The zero-order chi connectivity index (χ0) is 22.5. The Labute approximate surface area is 181 Å². The van der Waals surface area contributed by atoms with Gasteiger partial charge in [0.25, 0.3) is 0 Å². The summed E-state index contributed by atoms with van der Waals surface area (Å²) in [6, 6.07) is 6.54. The molecular weight excluding hydrogens is 396 g/mol. The van der Waals surface area contributed by atoms with Crippen LogP contribution in [0.15, 0.2) is 35.9 Å². The zero-order valence-corrected chi connectivity index (χ0v) is 18.2. The van der Waals surface area contributed by atoms with E-state index in [4.69, 9.17) is 9.47 Å². The number of Topliss-reactive ketones (excluding diaryl/α,β-unsaturated/α-hetero) is 1. The molecule has 4 rings (SSSR count). The van der Waals surface area contributed by atoms with E-state index in [9.17, 15) is 20.1 Å². The molecule has 2 aromatic rings. The van der Waals surface area contributed by atoms with Gasteiger partial charge in [-0.3, -0.25) is 4.79 Å². The fourth-order valence-electron chi connectivity index (χ4n) is 4.11. The summed E-state index contributed by atoms with van der Waals surface area (Å²) in [7, 11) is 0. The summed E-state index contributed by atoms with van der Waals surface area (Å²) in [4.78, 5) is 13.1. The van der Waals surface area contributed by atoms with Crippen LogP contribution >= 0.6 is 0 Å². The van der Waals surface area contributed by atoms with E-state index in [1.165, 1.54) is 0 Å². The molecule has 1 unspecified atom stereocenters. The molecule has 6 nitrogen and oxygen atoms in total. The highest BCUT2D eigenvalue weighted by atomic mass is 16.5. The van der Waals surface area contributed by atoms with Crippen LogP contribution < -0.4 is 9.47 Å². The number of hydrogen-bond donors (Lipinski definition) is 3. The van der Waals surface area contributed by atoms with E-state index in [-0.39, 0.29) is 29.3 Å². The minimum absolute atomic E-state index is 0.0853. The maximum Gasteiger partial charge on any atom is 0.174 e. The third-order valence-electron chi connectivity index (χ3n) is 5.90. The van der Waals surface area contributed by atoms with E-state index >= 15 is 0 Å². The predicted molar refractivity (Wildman–Crippen MR) is 116 cm³/mol. The van der Waals surface area contributed by atoms with Gasteiger partial charge in [-0.1, -0.05) is 23.8 Å². The van der Waals surface area contributed by atoms with E-state index in [1.54, 1.807) is 38.1 Å². The lowest BCUT2D eigenvalue weighted by molar-refractivity contribution is -0.0232. The molecule has 6 heteroatoms. The summed E-state index contributed by atoms with van der Waals surface area (Å²) in [5.74, 6) is 0.631. The van der Waals surface area contributed by atoms with Gasteiger partial charge in [0.1, 0.15) is 40.8 Å². The number of aliphatic hydroxyl groups is 1. The van der Waals surface area contributed by atoms with Gasteiger partial charge in [-0.25, -0.2) is 0 Å². The number of hydrogen-bond acceptors (Lipinski definition) is 6.